The molecule has 1 aromatic rings. The molecule has 0 bridgehead atoms. The summed E-state index contributed by atoms with van der Waals surface area (Å²) in [5, 5.41) is 5.63. The van der Waals surface area contributed by atoms with E-state index in [0.29, 0.717) is 18.5 Å². The van der Waals surface area contributed by atoms with Crippen molar-refractivity contribution in [1.29, 1.82) is 0 Å². The summed E-state index contributed by atoms with van der Waals surface area (Å²) in [6.07, 6.45) is 5.93. The van der Waals surface area contributed by atoms with Crippen LogP contribution in [0.1, 0.15) is 32.3 Å². The first kappa shape index (κ1) is 21.0. The molecular formula is C19H24N4O3. The number of benzene rings is 1. The molecule has 2 amide bonds. The van der Waals surface area contributed by atoms with Crippen molar-refractivity contribution in [2.75, 3.05) is 11.9 Å². The van der Waals surface area contributed by atoms with E-state index in [0.717, 1.165) is 5.56 Å². The van der Waals surface area contributed by atoms with Gasteiger partial charge in [0.2, 0.25) is 12.2 Å². The first-order valence-electron chi connectivity index (χ1n) is 8.50. The van der Waals surface area contributed by atoms with Crippen LogP contribution in [0.4, 0.5) is 10.5 Å². The zero-order chi connectivity index (χ0) is 19.4. The molecule has 0 saturated carbocycles. The minimum Gasteiger partial charge on any atom is -0.335 e. The highest BCUT2D eigenvalue weighted by molar-refractivity contribution is 5.89. The second kappa shape index (κ2) is 11.5. The van der Waals surface area contributed by atoms with Crippen molar-refractivity contribution in [3.8, 4) is 0 Å². The fraction of sp³-hybridized carbons (Fsp3) is 0.421. The fourth-order valence-corrected chi connectivity index (χ4v) is 2.77. The number of urea groups is 1. The van der Waals surface area contributed by atoms with Crippen molar-refractivity contribution in [2.24, 2.45) is 15.9 Å². The highest BCUT2D eigenvalue weighted by atomic mass is 16.2. The summed E-state index contributed by atoms with van der Waals surface area (Å²) in [5.41, 5.74) is 1.59. The summed E-state index contributed by atoms with van der Waals surface area (Å²) < 4.78 is 0. The average Bonchev–Trinajstić information content (AvgIpc) is 2.66. The molecule has 7 heteroatoms. The summed E-state index contributed by atoms with van der Waals surface area (Å²) in [5.74, 6) is -0.304. The molecule has 26 heavy (non-hydrogen) atoms. The van der Waals surface area contributed by atoms with Gasteiger partial charge >= 0.3 is 6.03 Å². The van der Waals surface area contributed by atoms with Gasteiger partial charge < -0.3 is 10.6 Å². The lowest BCUT2D eigenvalue weighted by atomic mass is 9.88. The number of isocyanates is 2. The number of nitrogens with zero attached hydrogens (tertiary/aromatic N) is 2. The summed E-state index contributed by atoms with van der Waals surface area (Å²) >= 11 is 0. The molecule has 3 atom stereocenters. The Bertz CT molecular complexity index is 689. The summed E-state index contributed by atoms with van der Waals surface area (Å²) in [7, 11) is 0. The quantitative estimate of drug-likeness (QED) is 0.497. The smallest absolute Gasteiger partial charge is 0.319 e. The molecule has 0 spiro atoms. The Morgan fingerprint density at radius 1 is 1.19 bits per heavy atom. The Balaban J connectivity index is 2.86. The van der Waals surface area contributed by atoms with Crippen molar-refractivity contribution in [3.63, 3.8) is 0 Å². The maximum Gasteiger partial charge on any atom is 0.319 e. The molecule has 0 saturated heterocycles. The summed E-state index contributed by atoms with van der Waals surface area (Å²) in [6.45, 7) is 7.58. The molecular weight excluding hydrogens is 332 g/mol. The van der Waals surface area contributed by atoms with E-state index in [1.165, 1.54) is 6.08 Å². The lowest BCUT2D eigenvalue weighted by Gasteiger charge is -2.29. The van der Waals surface area contributed by atoms with E-state index < -0.39 is 0 Å². The molecule has 1 aromatic carbocycles. The van der Waals surface area contributed by atoms with E-state index in [9.17, 15) is 14.4 Å². The average molecular weight is 356 g/mol. The van der Waals surface area contributed by atoms with Gasteiger partial charge in [-0.3, -0.25) is 0 Å². The van der Waals surface area contributed by atoms with E-state index in [2.05, 4.69) is 27.2 Å². The standard InChI is InChI=1S/C19H24N4O3/c1-4-14-7-9-15(10-8-14)22-19(26)23-18(6-3)16(11-20-12-24)17(5-2)21-13-25/h4,7-10,16-18H,1,5-6,11H2,2-3H3,(H2,22,23,26). The molecule has 0 aromatic heterocycles. The van der Waals surface area contributed by atoms with E-state index in [4.69, 9.17) is 0 Å². The Kier molecular flexibility index (Phi) is 9.33. The molecule has 0 fully saturated rings. The zero-order valence-electron chi connectivity index (χ0n) is 15.1. The van der Waals surface area contributed by atoms with Crippen molar-refractivity contribution < 1.29 is 14.4 Å². The molecule has 0 aliphatic carbocycles. The number of amides is 2. The summed E-state index contributed by atoms with van der Waals surface area (Å²) in [4.78, 5) is 40.9. The number of carbonyl (C=O) groups excluding carboxylic acids is 3. The topological polar surface area (TPSA) is 100.0 Å². The third kappa shape index (κ3) is 6.48. The number of hydrogen-bond donors (Lipinski definition) is 2. The first-order valence-corrected chi connectivity index (χ1v) is 8.50. The predicted molar refractivity (Wildman–Crippen MR) is 101 cm³/mol. The third-order valence-corrected chi connectivity index (χ3v) is 4.18. The minimum atomic E-state index is -0.387. The molecule has 0 heterocycles. The van der Waals surface area contributed by atoms with Gasteiger partial charge in [-0.15, -0.1) is 0 Å². The van der Waals surface area contributed by atoms with Gasteiger partial charge in [-0.05, 0) is 30.5 Å². The fourth-order valence-electron chi connectivity index (χ4n) is 2.77. The molecule has 0 aliphatic rings. The van der Waals surface area contributed by atoms with E-state index in [1.807, 2.05) is 26.0 Å². The lowest BCUT2D eigenvalue weighted by molar-refractivity contribution is 0.236. The van der Waals surface area contributed by atoms with Crippen molar-refractivity contribution >= 4 is 30.0 Å². The van der Waals surface area contributed by atoms with Crippen LogP contribution in [0.3, 0.4) is 0 Å². The Morgan fingerprint density at radius 2 is 1.88 bits per heavy atom. The molecule has 3 unspecified atom stereocenters. The Labute approximate surface area is 153 Å². The van der Waals surface area contributed by atoms with E-state index >= 15 is 0 Å². The monoisotopic (exact) mass is 356 g/mol. The lowest BCUT2D eigenvalue weighted by Crippen LogP contribution is -2.46. The third-order valence-electron chi connectivity index (χ3n) is 4.18. The van der Waals surface area contributed by atoms with Gasteiger partial charge in [-0.1, -0.05) is 38.6 Å². The number of aliphatic imine (C=N–C) groups is 2. The minimum absolute atomic E-state index is 0.125. The van der Waals surface area contributed by atoms with E-state index in [-0.39, 0.29) is 30.6 Å². The van der Waals surface area contributed by atoms with Crippen molar-refractivity contribution in [2.45, 2.75) is 38.8 Å². The summed E-state index contributed by atoms with van der Waals surface area (Å²) in [6, 6.07) is 6.14. The first-order chi connectivity index (χ1) is 12.6. The number of rotatable bonds is 10. The van der Waals surface area contributed by atoms with Crippen molar-refractivity contribution in [1.82, 2.24) is 5.32 Å². The number of nitrogens with one attached hydrogen (secondary N) is 2. The van der Waals surface area contributed by atoms with Crippen LogP contribution in [0.15, 0.2) is 40.8 Å². The van der Waals surface area contributed by atoms with Crippen LogP contribution >= 0.6 is 0 Å². The number of carbonyl (C=O) groups is 1. The molecule has 0 radical (unpaired) electrons. The molecule has 7 nitrogen and oxygen atoms in total. The highest BCUT2D eigenvalue weighted by Crippen LogP contribution is 2.19. The normalized spacial score (nSPS) is 13.3. The van der Waals surface area contributed by atoms with Crippen LogP contribution in [0.2, 0.25) is 0 Å². The zero-order valence-corrected chi connectivity index (χ0v) is 15.1. The largest absolute Gasteiger partial charge is 0.335 e. The van der Waals surface area contributed by atoms with Crippen LogP contribution in [0.25, 0.3) is 6.08 Å². The van der Waals surface area contributed by atoms with Crippen LogP contribution in [0.5, 0.6) is 0 Å². The van der Waals surface area contributed by atoms with Gasteiger partial charge in [0.1, 0.15) is 0 Å². The van der Waals surface area contributed by atoms with E-state index in [1.54, 1.807) is 24.3 Å². The second-order valence-electron chi connectivity index (χ2n) is 5.73. The Morgan fingerprint density at radius 3 is 2.38 bits per heavy atom. The number of hydrogen-bond acceptors (Lipinski definition) is 5. The molecule has 2 N–H and O–H groups in total. The Hall–Kier alpha value is -3.01. The second-order valence-corrected chi connectivity index (χ2v) is 5.73. The van der Waals surface area contributed by atoms with Crippen molar-refractivity contribution in [3.05, 3.63) is 36.4 Å². The predicted octanol–water partition coefficient (Wildman–Crippen LogP) is 3.30. The number of anilines is 1. The van der Waals surface area contributed by atoms with Gasteiger partial charge in [-0.25, -0.2) is 24.4 Å². The van der Waals surface area contributed by atoms with Gasteiger partial charge in [0.05, 0.1) is 12.6 Å². The van der Waals surface area contributed by atoms with Gasteiger partial charge in [-0.2, -0.15) is 0 Å². The maximum absolute atomic E-state index is 12.3. The van der Waals surface area contributed by atoms with Crippen LogP contribution < -0.4 is 10.6 Å². The molecule has 138 valence electrons. The van der Waals surface area contributed by atoms with Crippen LogP contribution in [-0.4, -0.2) is 36.8 Å². The SMILES string of the molecule is C=Cc1ccc(NC(=O)NC(CC)C(CN=C=O)C(CC)N=C=O)cc1. The highest BCUT2D eigenvalue weighted by Gasteiger charge is 2.28. The van der Waals surface area contributed by atoms with Crippen LogP contribution in [-0.2, 0) is 9.59 Å². The van der Waals surface area contributed by atoms with Gasteiger partial charge in [0.15, 0.2) is 0 Å². The maximum atomic E-state index is 12.3. The van der Waals surface area contributed by atoms with Crippen LogP contribution in [0, 0.1) is 5.92 Å². The van der Waals surface area contributed by atoms with Gasteiger partial charge in [0, 0.05) is 17.6 Å². The molecule has 1 rings (SSSR count). The molecule has 0 aliphatic heterocycles. The van der Waals surface area contributed by atoms with Gasteiger partial charge in [0.25, 0.3) is 0 Å².